The van der Waals surface area contributed by atoms with E-state index in [1.54, 1.807) is 33.8 Å². The van der Waals surface area contributed by atoms with Gasteiger partial charge in [-0.05, 0) is 39.8 Å². The molecule has 1 atom stereocenters. The molecule has 1 N–H and O–H groups in total. The van der Waals surface area contributed by atoms with Crippen LogP contribution in [0.1, 0.15) is 27.7 Å². The molecule has 1 heterocycles. The summed E-state index contributed by atoms with van der Waals surface area (Å²) in [6.45, 7) is 7.14. The van der Waals surface area contributed by atoms with Gasteiger partial charge < -0.3 is 19.5 Å². The zero-order chi connectivity index (χ0) is 18.8. The molecule has 9 heteroatoms. The number of nitrogens with zero attached hydrogens (tertiary/aromatic N) is 1. The van der Waals surface area contributed by atoms with Gasteiger partial charge in [0.15, 0.2) is 11.5 Å². The number of sulfonamides is 1. The third kappa shape index (κ3) is 4.99. The molecule has 1 aromatic rings. The van der Waals surface area contributed by atoms with Crippen LogP contribution in [-0.2, 0) is 14.8 Å². The van der Waals surface area contributed by atoms with Crippen LogP contribution in [0, 0.1) is 0 Å². The molecule has 1 aliphatic heterocycles. The monoisotopic (exact) mass is 372 g/mol. The summed E-state index contributed by atoms with van der Waals surface area (Å²) in [6, 6.07) is 4.03. The number of amides is 1. The van der Waals surface area contributed by atoms with E-state index < -0.39 is 27.8 Å². The van der Waals surface area contributed by atoms with E-state index in [9.17, 15) is 13.2 Å². The molecule has 8 nitrogen and oxygen atoms in total. The molecule has 0 aromatic heterocycles. The first-order valence-electron chi connectivity index (χ1n) is 7.84. The van der Waals surface area contributed by atoms with E-state index in [1.807, 2.05) is 0 Å². The Balaban J connectivity index is 2.01. The topological polar surface area (TPSA) is 94.2 Å². The smallest absolute Gasteiger partial charge is 0.407 e. The maximum atomic E-state index is 12.7. The Morgan fingerprint density at radius 2 is 1.96 bits per heavy atom. The van der Waals surface area contributed by atoms with Gasteiger partial charge in [-0.25, -0.2) is 13.2 Å². The second-order valence-corrected chi connectivity index (χ2v) is 8.89. The highest BCUT2D eigenvalue weighted by Crippen LogP contribution is 2.34. The molecule has 0 unspecified atom stereocenters. The minimum Gasteiger partial charge on any atom is -0.454 e. The number of fused-ring (bicyclic) bond motifs is 1. The summed E-state index contributed by atoms with van der Waals surface area (Å²) in [7, 11) is -2.27. The number of hydrogen-bond acceptors (Lipinski definition) is 6. The Hall–Kier alpha value is -2.00. The van der Waals surface area contributed by atoms with Crippen molar-refractivity contribution in [3.05, 3.63) is 18.2 Å². The lowest BCUT2D eigenvalue weighted by molar-refractivity contribution is 0.0504. The molecule has 140 valence electrons. The van der Waals surface area contributed by atoms with E-state index in [0.717, 1.165) is 0 Å². The van der Waals surface area contributed by atoms with Crippen molar-refractivity contribution in [2.45, 2.75) is 44.2 Å². The Labute approximate surface area is 148 Å². The van der Waals surface area contributed by atoms with Gasteiger partial charge in [0.05, 0.1) is 4.90 Å². The van der Waals surface area contributed by atoms with Crippen LogP contribution in [0.5, 0.6) is 11.5 Å². The van der Waals surface area contributed by atoms with E-state index in [2.05, 4.69) is 5.32 Å². The predicted molar refractivity (Wildman–Crippen MR) is 91.2 cm³/mol. The zero-order valence-corrected chi connectivity index (χ0v) is 15.8. The maximum absolute atomic E-state index is 12.7. The SMILES string of the molecule is C[C@@H](CN(C)S(=O)(=O)c1ccc2c(c1)OCO2)NC(=O)OC(C)(C)C. The molecule has 25 heavy (non-hydrogen) atoms. The molecule has 2 rings (SSSR count). The van der Waals surface area contributed by atoms with Crippen molar-refractivity contribution in [1.29, 1.82) is 0 Å². The summed E-state index contributed by atoms with van der Waals surface area (Å²) in [5.74, 6) is 0.913. The number of benzene rings is 1. The Kier molecular flexibility index (Phi) is 5.48. The van der Waals surface area contributed by atoms with Crippen molar-refractivity contribution in [2.24, 2.45) is 0 Å². The van der Waals surface area contributed by atoms with Crippen molar-refractivity contribution in [3.8, 4) is 11.5 Å². The largest absolute Gasteiger partial charge is 0.454 e. The molecule has 0 saturated carbocycles. The average Bonchev–Trinajstić information content (AvgIpc) is 2.91. The molecule has 0 spiro atoms. The Bertz CT molecular complexity index is 741. The van der Waals surface area contributed by atoms with Gasteiger partial charge in [0.25, 0.3) is 0 Å². The third-order valence-electron chi connectivity index (χ3n) is 3.35. The average molecular weight is 372 g/mol. The number of likely N-dealkylation sites (N-methyl/N-ethyl adjacent to an activating group) is 1. The van der Waals surface area contributed by atoms with Gasteiger partial charge >= 0.3 is 6.09 Å². The van der Waals surface area contributed by atoms with Crippen molar-refractivity contribution < 1.29 is 27.4 Å². The van der Waals surface area contributed by atoms with Crippen molar-refractivity contribution >= 4 is 16.1 Å². The molecular weight excluding hydrogens is 348 g/mol. The standard InChI is InChI=1S/C16H24N2O6S/c1-11(17-15(19)24-16(2,3)4)9-18(5)25(20,21)12-6-7-13-14(8-12)23-10-22-13/h6-8,11H,9-10H2,1-5H3,(H,17,19)/t11-/m0/s1. The van der Waals surface area contributed by atoms with E-state index in [4.69, 9.17) is 14.2 Å². The molecular formula is C16H24N2O6S. The van der Waals surface area contributed by atoms with Gasteiger partial charge in [0, 0.05) is 25.7 Å². The minimum absolute atomic E-state index is 0.0749. The van der Waals surface area contributed by atoms with Gasteiger partial charge in [-0.3, -0.25) is 0 Å². The molecule has 1 amide bonds. The second-order valence-electron chi connectivity index (χ2n) is 6.85. The summed E-state index contributed by atoms with van der Waals surface area (Å²) >= 11 is 0. The summed E-state index contributed by atoms with van der Waals surface area (Å²) in [5.41, 5.74) is -0.617. The van der Waals surface area contributed by atoms with Gasteiger partial charge in [-0.2, -0.15) is 4.31 Å². The van der Waals surface area contributed by atoms with Crippen LogP contribution in [0.3, 0.4) is 0 Å². The normalized spacial score (nSPS) is 15.1. The van der Waals surface area contributed by atoms with E-state index in [-0.39, 0.29) is 18.2 Å². The predicted octanol–water partition coefficient (Wildman–Crippen LogP) is 1.95. The Morgan fingerprint density at radius 3 is 2.60 bits per heavy atom. The van der Waals surface area contributed by atoms with E-state index >= 15 is 0 Å². The first kappa shape index (κ1) is 19.3. The molecule has 0 saturated heterocycles. The fourth-order valence-electron chi connectivity index (χ4n) is 2.26. The van der Waals surface area contributed by atoms with Crippen LogP contribution >= 0.6 is 0 Å². The Morgan fingerprint density at radius 1 is 1.32 bits per heavy atom. The van der Waals surface area contributed by atoms with Gasteiger partial charge in [0.2, 0.25) is 16.8 Å². The number of nitrogens with one attached hydrogen (secondary N) is 1. The molecule has 0 fully saturated rings. The van der Waals surface area contributed by atoms with Crippen LogP contribution in [0.2, 0.25) is 0 Å². The van der Waals surface area contributed by atoms with E-state index in [1.165, 1.54) is 23.5 Å². The van der Waals surface area contributed by atoms with Crippen LogP contribution in [0.25, 0.3) is 0 Å². The zero-order valence-electron chi connectivity index (χ0n) is 15.0. The minimum atomic E-state index is -3.72. The fraction of sp³-hybridized carbons (Fsp3) is 0.562. The summed E-state index contributed by atoms with van der Waals surface area (Å²) < 4.78 is 42.1. The molecule has 0 aliphatic carbocycles. The van der Waals surface area contributed by atoms with Crippen LogP contribution in [0.4, 0.5) is 4.79 Å². The lowest BCUT2D eigenvalue weighted by Gasteiger charge is -2.24. The van der Waals surface area contributed by atoms with Crippen molar-refractivity contribution in [1.82, 2.24) is 9.62 Å². The van der Waals surface area contributed by atoms with Gasteiger partial charge in [0.1, 0.15) is 5.60 Å². The highest BCUT2D eigenvalue weighted by Gasteiger charge is 2.26. The van der Waals surface area contributed by atoms with E-state index in [0.29, 0.717) is 11.5 Å². The molecule has 0 bridgehead atoms. The fourth-order valence-corrected chi connectivity index (χ4v) is 3.53. The number of carbonyl (C=O) groups excluding carboxylic acids is 1. The number of rotatable bonds is 5. The quantitative estimate of drug-likeness (QED) is 0.849. The van der Waals surface area contributed by atoms with Crippen molar-refractivity contribution in [2.75, 3.05) is 20.4 Å². The highest BCUT2D eigenvalue weighted by atomic mass is 32.2. The van der Waals surface area contributed by atoms with Crippen molar-refractivity contribution in [3.63, 3.8) is 0 Å². The second kappa shape index (κ2) is 7.09. The highest BCUT2D eigenvalue weighted by molar-refractivity contribution is 7.89. The summed E-state index contributed by atoms with van der Waals surface area (Å²) in [6.07, 6.45) is -0.589. The lowest BCUT2D eigenvalue weighted by Crippen LogP contribution is -2.44. The van der Waals surface area contributed by atoms with Gasteiger partial charge in [-0.15, -0.1) is 0 Å². The number of alkyl carbamates (subject to hydrolysis) is 1. The number of carbonyl (C=O) groups is 1. The maximum Gasteiger partial charge on any atom is 0.407 e. The van der Waals surface area contributed by atoms with Crippen LogP contribution in [-0.4, -0.2) is 50.8 Å². The first-order valence-corrected chi connectivity index (χ1v) is 9.28. The molecule has 1 aliphatic rings. The number of hydrogen-bond donors (Lipinski definition) is 1. The van der Waals surface area contributed by atoms with Crippen LogP contribution in [0.15, 0.2) is 23.1 Å². The lowest BCUT2D eigenvalue weighted by atomic mass is 10.2. The summed E-state index contributed by atoms with van der Waals surface area (Å²) in [4.78, 5) is 11.9. The number of ether oxygens (including phenoxy) is 3. The molecule has 1 aromatic carbocycles. The summed E-state index contributed by atoms with van der Waals surface area (Å²) in [5, 5.41) is 2.62. The first-order chi connectivity index (χ1) is 11.5. The van der Waals surface area contributed by atoms with Crippen LogP contribution < -0.4 is 14.8 Å². The molecule has 0 radical (unpaired) electrons. The third-order valence-corrected chi connectivity index (χ3v) is 5.17. The van der Waals surface area contributed by atoms with Gasteiger partial charge in [-0.1, -0.05) is 0 Å².